The molecule has 0 N–H and O–H groups in total. The number of carbonyl (C=O) groups excluding carboxylic acids is 2. The third-order valence-electron chi connectivity index (χ3n) is 4.70. The van der Waals surface area contributed by atoms with Crippen molar-refractivity contribution in [2.24, 2.45) is 0 Å². The summed E-state index contributed by atoms with van der Waals surface area (Å²) in [7, 11) is 0. The van der Waals surface area contributed by atoms with Crippen molar-refractivity contribution in [3.05, 3.63) is 23.8 Å². The normalized spacial score (nSPS) is 23.0. The van der Waals surface area contributed by atoms with Crippen LogP contribution in [0.15, 0.2) is 18.2 Å². The van der Waals surface area contributed by atoms with Gasteiger partial charge in [0.1, 0.15) is 19.8 Å². The predicted molar refractivity (Wildman–Crippen MR) is 90.5 cm³/mol. The second-order valence-electron chi connectivity index (χ2n) is 6.18. The number of rotatable bonds is 3. The molecule has 128 valence electrons. The monoisotopic (exact) mass is 348 g/mol. The predicted octanol–water partition coefficient (Wildman–Crippen LogP) is 2.29. The molecular weight excluding hydrogens is 328 g/mol. The topological polar surface area (TPSA) is 59.1 Å². The average molecular weight is 348 g/mol. The fraction of sp³-hybridized carbons (Fsp3) is 0.529. The van der Waals surface area contributed by atoms with Gasteiger partial charge >= 0.3 is 0 Å². The molecule has 7 heteroatoms. The number of benzene rings is 1. The molecule has 2 amide bonds. The molecule has 0 unspecified atom stereocenters. The minimum atomic E-state index is 0.0124. The van der Waals surface area contributed by atoms with Gasteiger partial charge < -0.3 is 19.3 Å². The highest BCUT2D eigenvalue weighted by Gasteiger charge is 2.33. The molecule has 0 spiro atoms. The Bertz CT molecular complexity index is 666. The molecular formula is C17H20N2O4S. The molecule has 0 aromatic heterocycles. The molecule has 24 heavy (non-hydrogen) atoms. The van der Waals surface area contributed by atoms with E-state index in [0.29, 0.717) is 19.8 Å². The van der Waals surface area contributed by atoms with Crippen LogP contribution in [0.1, 0.15) is 24.4 Å². The molecule has 3 aliphatic rings. The number of fused-ring (bicyclic) bond motifs is 1. The largest absolute Gasteiger partial charge is 0.486 e. The molecule has 1 atom stereocenters. The maximum absolute atomic E-state index is 12.7. The molecule has 6 nitrogen and oxygen atoms in total. The minimum absolute atomic E-state index is 0.0124. The van der Waals surface area contributed by atoms with Crippen LogP contribution < -0.4 is 9.47 Å². The van der Waals surface area contributed by atoms with Gasteiger partial charge in [-0.2, -0.15) is 0 Å². The van der Waals surface area contributed by atoms with Crippen LogP contribution in [-0.2, 0) is 4.79 Å². The highest BCUT2D eigenvalue weighted by atomic mass is 32.2. The molecule has 4 rings (SSSR count). The molecule has 0 bridgehead atoms. The quantitative estimate of drug-likeness (QED) is 0.839. The second-order valence-corrected chi connectivity index (χ2v) is 7.23. The zero-order valence-corrected chi connectivity index (χ0v) is 14.2. The molecule has 2 saturated heterocycles. The highest BCUT2D eigenvalue weighted by Crippen LogP contribution is 2.38. The zero-order chi connectivity index (χ0) is 16.5. The van der Waals surface area contributed by atoms with Crippen LogP contribution in [0.3, 0.4) is 0 Å². The first kappa shape index (κ1) is 15.6. The first-order valence-corrected chi connectivity index (χ1v) is 9.31. The van der Waals surface area contributed by atoms with Crippen LogP contribution in [0.25, 0.3) is 0 Å². The lowest BCUT2D eigenvalue weighted by atomic mass is 10.0. The number of thioether (sulfide) groups is 1. The Labute approximate surface area is 145 Å². The first-order valence-electron chi connectivity index (χ1n) is 8.33. The lowest BCUT2D eigenvalue weighted by Gasteiger charge is -2.28. The summed E-state index contributed by atoms with van der Waals surface area (Å²) in [5.74, 6) is 2.32. The summed E-state index contributed by atoms with van der Waals surface area (Å²) in [6, 6.07) is 5.98. The molecule has 0 saturated carbocycles. The summed E-state index contributed by atoms with van der Waals surface area (Å²) in [6.45, 7) is 2.72. The summed E-state index contributed by atoms with van der Waals surface area (Å²) in [6.07, 6.45) is 1.92. The van der Waals surface area contributed by atoms with E-state index < -0.39 is 0 Å². The van der Waals surface area contributed by atoms with Crippen LogP contribution >= 0.6 is 11.8 Å². The summed E-state index contributed by atoms with van der Waals surface area (Å²) in [4.78, 5) is 28.0. The van der Waals surface area contributed by atoms with Gasteiger partial charge in [0.05, 0.1) is 6.04 Å². The Hall–Kier alpha value is -1.89. The van der Waals surface area contributed by atoms with Crippen molar-refractivity contribution >= 4 is 22.9 Å². The molecule has 2 fully saturated rings. The van der Waals surface area contributed by atoms with E-state index in [4.69, 9.17) is 9.47 Å². The Morgan fingerprint density at radius 2 is 2.04 bits per heavy atom. The van der Waals surface area contributed by atoms with Crippen LogP contribution in [0.2, 0.25) is 0 Å². The third kappa shape index (κ3) is 2.92. The number of carbonyl (C=O) groups is 2. The lowest BCUT2D eigenvalue weighted by molar-refractivity contribution is -0.132. The highest BCUT2D eigenvalue weighted by molar-refractivity contribution is 8.13. The molecule has 0 aliphatic carbocycles. The summed E-state index contributed by atoms with van der Waals surface area (Å²) in [5, 5.41) is 0.0124. The van der Waals surface area contributed by atoms with Crippen LogP contribution in [0.4, 0.5) is 4.79 Å². The molecule has 1 aromatic rings. The van der Waals surface area contributed by atoms with E-state index in [2.05, 4.69) is 0 Å². The van der Waals surface area contributed by atoms with E-state index in [1.54, 1.807) is 4.90 Å². The first-order chi connectivity index (χ1) is 11.7. The summed E-state index contributed by atoms with van der Waals surface area (Å²) in [5.41, 5.74) is 1.08. The number of hydrogen-bond acceptors (Lipinski definition) is 5. The molecule has 3 heterocycles. The Balaban J connectivity index is 1.50. The van der Waals surface area contributed by atoms with Crippen LogP contribution in [0.5, 0.6) is 11.5 Å². The van der Waals surface area contributed by atoms with Crippen molar-refractivity contribution in [3.63, 3.8) is 0 Å². The zero-order valence-electron chi connectivity index (χ0n) is 13.4. The van der Waals surface area contributed by atoms with Crippen molar-refractivity contribution in [1.82, 2.24) is 9.80 Å². The summed E-state index contributed by atoms with van der Waals surface area (Å²) >= 11 is 1.29. The van der Waals surface area contributed by atoms with Crippen molar-refractivity contribution in [3.8, 4) is 11.5 Å². The Morgan fingerprint density at radius 3 is 2.83 bits per heavy atom. The maximum Gasteiger partial charge on any atom is 0.282 e. The lowest BCUT2D eigenvalue weighted by Crippen LogP contribution is -2.40. The van der Waals surface area contributed by atoms with Crippen LogP contribution in [-0.4, -0.2) is 59.5 Å². The van der Waals surface area contributed by atoms with Gasteiger partial charge in [-0.3, -0.25) is 9.59 Å². The SMILES string of the molecule is O=C1SCCN1CC(=O)N1CCC[C@@H]1c1ccc2c(c1)OCCO2. The van der Waals surface area contributed by atoms with E-state index >= 15 is 0 Å². The minimum Gasteiger partial charge on any atom is -0.486 e. The summed E-state index contributed by atoms with van der Waals surface area (Å²) < 4.78 is 11.2. The van der Waals surface area contributed by atoms with E-state index in [-0.39, 0.29) is 23.7 Å². The van der Waals surface area contributed by atoms with E-state index in [9.17, 15) is 9.59 Å². The number of amides is 2. The average Bonchev–Trinajstić information content (AvgIpc) is 3.24. The molecule has 0 radical (unpaired) electrons. The number of nitrogens with zero attached hydrogens (tertiary/aromatic N) is 2. The van der Waals surface area contributed by atoms with Crippen molar-refractivity contribution < 1.29 is 19.1 Å². The van der Waals surface area contributed by atoms with Gasteiger partial charge in [0.25, 0.3) is 5.24 Å². The van der Waals surface area contributed by atoms with Crippen LogP contribution in [0, 0.1) is 0 Å². The number of likely N-dealkylation sites (tertiary alicyclic amines) is 1. The van der Waals surface area contributed by atoms with E-state index in [1.807, 2.05) is 23.1 Å². The van der Waals surface area contributed by atoms with Gasteiger partial charge in [-0.1, -0.05) is 17.8 Å². The van der Waals surface area contributed by atoms with Crippen molar-refractivity contribution in [2.45, 2.75) is 18.9 Å². The number of hydrogen-bond donors (Lipinski definition) is 0. The van der Waals surface area contributed by atoms with E-state index in [1.165, 1.54) is 11.8 Å². The standard InChI is InChI=1S/C17H20N2O4S/c20-16(11-18-6-9-24-17(18)21)19-5-1-2-13(19)12-3-4-14-15(10-12)23-8-7-22-14/h3-4,10,13H,1-2,5-9,11H2/t13-/m1/s1. The Morgan fingerprint density at radius 1 is 1.21 bits per heavy atom. The Kier molecular flexibility index (Phi) is 4.26. The molecule has 3 aliphatic heterocycles. The van der Waals surface area contributed by atoms with Gasteiger partial charge in [-0.15, -0.1) is 0 Å². The number of ether oxygens (including phenoxy) is 2. The van der Waals surface area contributed by atoms with Crippen molar-refractivity contribution in [2.75, 3.05) is 38.6 Å². The third-order valence-corrected chi connectivity index (χ3v) is 5.59. The maximum atomic E-state index is 12.7. The van der Waals surface area contributed by atoms with Gasteiger partial charge in [0.15, 0.2) is 11.5 Å². The smallest absolute Gasteiger partial charge is 0.282 e. The van der Waals surface area contributed by atoms with Gasteiger partial charge in [0.2, 0.25) is 5.91 Å². The van der Waals surface area contributed by atoms with Gasteiger partial charge in [-0.05, 0) is 30.5 Å². The van der Waals surface area contributed by atoms with E-state index in [0.717, 1.165) is 42.2 Å². The fourth-order valence-corrected chi connectivity index (χ4v) is 4.33. The van der Waals surface area contributed by atoms with Gasteiger partial charge in [-0.25, -0.2) is 0 Å². The van der Waals surface area contributed by atoms with Gasteiger partial charge in [0, 0.05) is 18.8 Å². The van der Waals surface area contributed by atoms with Crippen molar-refractivity contribution in [1.29, 1.82) is 0 Å². The second kappa shape index (κ2) is 6.55. The molecule has 1 aromatic carbocycles. The fourth-order valence-electron chi connectivity index (χ4n) is 3.50.